The number of benzene rings is 7. The summed E-state index contributed by atoms with van der Waals surface area (Å²) in [4.78, 5) is 11.2. The summed E-state index contributed by atoms with van der Waals surface area (Å²) in [6, 6.07) is 62.0. The Bertz CT molecular complexity index is 2850. The lowest BCUT2D eigenvalue weighted by Gasteiger charge is -2.22. The Morgan fingerprint density at radius 3 is 1.11 bits per heavy atom. The molecule has 0 aliphatic heterocycles. The van der Waals surface area contributed by atoms with Crippen LogP contribution in [0.25, 0.3) is 88.8 Å². The lowest BCUT2D eigenvalue weighted by atomic mass is 9.81. The molecule has 2 aromatic heterocycles. The van der Waals surface area contributed by atoms with E-state index < -0.39 is 0 Å². The highest BCUT2D eigenvalue weighted by atomic mass is 14.8. The van der Waals surface area contributed by atoms with Crippen LogP contribution in [-0.2, 0) is 10.8 Å². The van der Waals surface area contributed by atoms with Gasteiger partial charge >= 0.3 is 0 Å². The first kappa shape index (κ1) is 32.8. The lowest BCUT2D eigenvalue weighted by Crippen LogP contribution is -2.15. The first-order chi connectivity index (χ1) is 27.3. The fourth-order valence-corrected chi connectivity index (χ4v) is 9.71. The molecule has 0 amide bonds. The summed E-state index contributed by atoms with van der Waals surface area (Å²) in [6.07, 6.45) is 0. The zero-order chi connectivity index (χ0) is 37.8. The molecule has 2 nitrogen and oxygen atoms in total. The monoisotopic (exact) mass is 716 g/mol. The Kier molecular flexibility index (Phi) is 6.98. The molecule has 7 aromatic carbocycles. The van der Waals surface area contributed by atoms with E-state index in [-0.39, 0.29) is 10.8 Å². The third-order valence-electron chi connectivity index (χ3n) is 12.7. The molecule has 0 unspecified atom stereocenters. The molecule has 0 radical (unpaired) electrons. The van der Waals surface area contributed by atoms with Gasteiger partial charge in [0.1, 0.15) is 0 Å². The van der Waals surface area contributed by atoms with E-state index in [1.54, 1.807) is 0 Å². The van der Waals surface area contributed by atoms with Crippen LogP contribution < -0.4 is 0 Å². The van der Waals surface area contributed by atoms with Crippen molar-refractivity contribution in [1.82, 2.24) is 9.97 Å². The molecule has 2 heterocycles. The Morgan fingerprint density at radius 2 is 0.679 bits per heavy atom. The molecule has 266 valence electrons. The molecule has 2 aliphatic rings. The Morgan fingerprint density at radius 1 is 0.304 bits per heavy atom. The lowest BCUT2D eigenvalue weighted by molar-refractivity contribution is 0.660. The maximum atomic E-state index is 5.60. The first-order valence-corrected chi connectivity index (χ1v) is 19.7. The van der Waals surface area contributed by atoms with Gasteiger partial charge in [0.25, 0.3) is 0 Å². The maximum absolute atomic E-state index is 5.60. The second kappa shape index (κ2) is 11.9. The van der Waals surface area contributed by atoms with Crippen LogP contribution in [0.15, 0.2) is 170 Å². The van der Waals surface area contributed by atoms with Crippen molar-refractivity contribution in [3.05, 3.63) is 192 Å². The van der Waals surface area contributed by atoms with Gasteiger partial charge in [-0.1, -0.05) is 173 Å². The average molecular weight is 717 g/mol. The zero-order valence-corrected chi connectivity index (χ0v) is 32.1. The topological polar surface area (TPSA) is 25.8 Å². The highest BCUT2D eigenvalue weighted by Crippen LogP contribution is 2.51. The highest BCUT2D eigenvalue weighted by molar-refractivity contribution is 6.13. The third kappa shape index (κ3) is 4.75. The zero-order valence-electron chi connectivity index (χ0n) is 32.1. The highest BCUT2D eigenvalue weighted by Gasteiger charge is 2.36. The SMILES string of the molecule is CC1(C)c2ccccc2-c2ccc(-c3cc(-c4ccccc4)c4ccc5c(-c6ccccc6)cc(-c6ccc7c(c6)C(C)(C)c6ccccc6-7)nc5c4n3)cc21. The van der Waals surface area contributed by atoms with Crippen molar-refractivity contribution in [2.24, 2.45) is 0 Å². The van der Waals surface area contributed by atoms with Gasteiger partial charge in [-0.25, -0.2) is 9.97 Å². The molecule has 0 spiro atoms. The Labute approximate surface area is 328 Å². The molecule has 2 aliphatic carbocycles. The van der Waals surface area contributed by atoms with Crippen molar-refractivity contribution in [3.63, 3.8) is 0 Å². The summed E-state index contributed by atoms with van der Waals surface area (Å²) in [5.41, 5.74) is 21.0. The van der Waals surface area contributed by atoms with E-state index in [1.165, 1.54) is 44.5 Å². The van der Waals surface area contributed by atoms with Crippen LogP contribution in [0, 0.1) is 0 Å². The standard InChI is InChI=1S/C54H40N2/c1-53(2)45-21-13-11-19-37(45)39-25-23-35(29-47(39)53)49-31-43(33-15-7-5-8-16-33)41-27-28-42-44(34-17-9-6-10-18-34)32-50(56-52(42)51(41)55-49)36-24-26-40-38-20-12-14-22-46(38)54(3,4)48(40)30-36/h5-32H,1-4H3. The second-order valence-corrected chi connectivity index (χ2v) is 16.6. The van der Waals surface area contributed by atoms with Gasteiger partial charge in [-0.05, 0) is 91.0 Å². The molecule has 0 saturated heterocycles. The van der Waals surface area contributed by atoms with E-state index in [0.717, 1.165) is 66.6 Å². The minimum Gasteiger partial charge on any atom is -0.245 e. The van der Waals surface area contributed by atoms with Crippen LogP contribution in [-0.4, -0.2) is 9.97 Å². The number of fused-ring (bicyclic) bond motifs is 9. The van der Waals surface area contributed by atoms with Crippen molar-refractivity contribution in [2.45, 2.75) is 38.5 Å². The first-order valence-electron chi connectivity index (χ1n) is 19.7. The van der Waals surface area contributed by atoms with E-state index in [0.29, 0.717) is 0 Å². The van der Waals surface area contributed by atoms with Crippen molar-refractivity contribution in [2.75, 3.05) is 0 Å². The van der Waals surface area contributed by atoms with Crippen LogP contribution in [0.1, 0.15) is 49.9 Å². The maximum Gasteiger partial charge on any atom is 0.0978 e. The quantitative estimate of drug-likeness (QED) is 0.170. The van der Waals surface area contributed by atoms with E-state index >= 15 is 0 Å². The molecule has 0 fully saturated rings. The summed E-state index contributed by atoms with van der Waals surface area (Å²) < 4.78 is 0. The van der Waals surface area contributed by atoms with Gasteiger partial charge in [0, 0.05) is 32.7 Å². The van der Waals surface area contributed by atoms with Crippen LogP contribution in [0.3, 0.4) is 0 Å². The number of rotatable bonds is 4. The van der Waals surface area contributed by atoms with Gasteiger partial charge in [0.05, 0.1) is 22.4 Å². The van der Waals surface area contributed by atoms with Gasteiger partial charge in [-0.15, -0.1) is 0 Å². The second-order valence-electron chi connectivity index (χ2n) is 16.6. The molecule has 9 aromatic rings. The van der Waals surface area contributed by atoms with E-state index in [9.17, 15) is 0 Å². The van der Waals surface area contributed by atoms with Crippen molar-refractivity contribution >= 4 is 21.8 Å². The number of nitrogens with zero attached hydrogens (tertiary/aromatic N) is 2. The summed E-state index contributed by atoms with van der Waals surface area (Å²) >= 11 is 0. The molecule has 2 heteroatoms. The molecule has 0 saturated carbocycles. The molecule has 0 bridgehead atoms. The van der Waals surface area contributed by atoms with Gasteiger partial charge in [0.15, 0.2) is 0 Å². The number of aromatic nitrogens is 2. The fraction of sp³-hybridized carbons (Fsp3) is 0.111. The number of pyridine rings is 2. The number of hydrogen-bond acceptors (Lipinski definition) is 2. The largest absolute Gasteiger partial charge is 0.245 e. The minimum atomic E-state index is -0.111. The van der Waals surface area contributed by atoms with Gasteiger partial charge in [-0.2, -0.15) is 0 Å². The number of hydrogen-bond donors (Lipinski definition) is 0. The fourth-order valence-electron chi connectivity index (χ4n) is 9.71. The van der Waals surface area contributed by atoms with Crippen LogP contribution in [0.5, 0.6) is 0 Å². The molecule has 11 rings (SSSR count). The van der Waals surface area contributed by atoms with E-state index in [4.69, 9.17) is 9.97 Å². The molecular formula is C54H40N2. The smallest absolute Gasteiger partial charge is 0.0978 e. The predicted molar refractivity (Wildman–Crippen MR) is 234 cm³/mol. The summed E-state index contributed by atoms with van der Waals surface area (Å²) in [7, 11) is 0. The molecule has 0 N–H and O–H groups in total. The van der Waals surface area contributed by atoms with Gasteiger partial charge < -0.3 is 0 Å². The molecule has 56 heavy (non-hydrogen) atoms. The Hall–Kier alpha value is -6.64. The minimum absolute atomic E-state index is 0.111. The summed E-state index contributed by atoms with van der Waals surface area (Å²) in [6.45, 7) is 9.36. The normalized spacial score (nSPS) is 14.4. The predicted octanol–water partition coefficient (Wildman–Crippen LogP) is 14.1. The van der Waals surface area contributed by atoms with Crippen molar-refractivity contribution < 1.29 is 0 Å². The summed E-state index contributed by atoms with van der Waals surface area (Å²) in [5.74, 6) is 0. The third-order valence-corrected chi connectivity index (χ3v) is 12.7. The molecular weight excluding hydrogens is 677 g/mol. The van der Waals surface area contributed by atoms with Crippen molar-refractivity contribution in [1.29, 1.82) is 0 Å². The van der Waals surface area contributed by atoms with Crippen LogP contribution >= 0.6 is 0 Å². The molecule has 0 atom stereocenters. The average Bonchev–Trinajstić information content (AvgIpc) is 3.62. The van der Waals surface area contributed by atoms with Gasteiger partial charge in [0.2, 0.25) is 0 Å². The van der Waals surface area contributed by atoms with E-state index in [2.05, 4.69) is 198 Å². The Balaban J connectivity index is 1.18. The van der Waals surface area contributed by atoms with Gasteiger partial charge in [-0.3, -0.25) is 0 Å². The summed E-state index contributed by atoms with van der Waals surface area (Å²) in [5, 5.41) is 2.19. The van der Waals surface area contributed by atoms with Crippen LogP contribution in [0.2, 0.25) is 0 Å². The van der Waals surface area contributed by atoms with Crippen molar-refractivity contribution in [3.8, 4) is 67.0 Å². The van der Waals surface area contributed by atoms with E-state index in [1.807, 2.05) is 0 Å². The van der Waals surface area contributed by atoms with Crippen LogP contribution in [0.4, 0.5) is 0 Å².